The van der Waals surface area contributed by atoms with Crippen molar-refractivity contribution in [3.05, 3.63) is 35.4 Å². The first-order chi connectivity index (χ1) is 7.86. The molecule has 1 aromatic carbocycles. The summed E-state index contributed by atoms with van der Waals surface area (Å²) in [5.74, 6) is -0.920. The van der Waals surface area contributed by atoms with Crippen LogP contribution in [0.5, 0.6) is 0 Å². The van der Waals surface area contributed by atoms with Gasteiger partial charge < -0.3 is 10.2 Å². The van der Waals surface area contributed by atoms with Gasteiger partial charge in [-0.25, -0.2) is 4.79 Å². The topological polar surface area (TPSA) is 60.8 Å². The number of hydrogen-bond acceptors (Lipinski definition) is 3. The van der Waals surface area contributed by atoms with Crippen LogP contribution in [0.4, 0.5) is 0 Å². The van der Waals surface area contributed by atoms with E-state index in [9.17, 15) is 9.90 Å². The monoisotopic (exact) mass is 237 g/mol. The second-order valence-corrected chi connectivity index (χ2v) is 4.83. The smallest absolute Gasteiger partial charge is 0.335 e. The summed E-state index contributed by atoms with van der Waals surface area (Å²) in [6.45, 7) is 4.54. The van der Waals surface area contributed by atoms with Crippen molar-refractivity contribution >= 4 is 5.97 Å². The number of benzene rings is 1. The van der Waals surface area contributed by atoms with Crippen molar-refractivity contribution in [3.63, 3.8) is 0 Å². The van der Waals surface area contributed by atoms with Crippen LogP contribution in [-0.2, 0) is 6.54 Å². The first-order valence-corrected chi connectivity index (χ1v) is 5.51. The zero-order chi connectivity index (χ0) is 13.1. The Morgan fingerprint density at radius 3 is 2.59 bits per heavy atom. The molecule has 0 aliphatic rings. The van der Waals surface area contributed by atoms with Gasteiger partial charge in [0.25, 0.3) is 0 Å². The Balaban J connectivity index is 2.82. The molecule has 1 rings (SSSR count). The lowest BCUT2D eigenvalue weighted by Crippen LogP contribution is -2.43. The van der Waals surface area contributed by atoms with Gasteiger partial charge in [0, 0.05) is 12.1 Å². The zero-order valence-corrected chi connectivity index (χ0v) is 10.5. The highest BCUT2D eigenvalue weighted by molar-refractivity contribution is 5.87. The molecule has 2 N–H and O–H groups in total. The van der Waals surface area contributed by atoms with Gasteiger partial charge in [0.2, 0.25) is 0 Å². The molecule has 0 saturated heterocycles. The number of nitrogens with zero attached hydrogens (tertiary/aromatic N) is 1. The Hall–Kier alpha value is -1.39. The fraction of sp³-hybridized carbons (Fsp3) is 0.462. The fourth-order valence-corrected chi connectivity index (χ4v) is 1.41. The summed E-state index contributed by atoms with van der Waals surface area (Å²) in [6, 6.07) is 6.85. The number of carboxylic acids is 1. The summed E-state index contributed by atoms with van der Waals surface area (Å²) in [5.41, 5.74) is 0.894. The van der Waals surface area contributed by atoms with E-state index in [4.69, 9.17) is 5.11 Å². The van der Waals surface area contributed by atoms with E-state index in [0.29, 0.717) is 6.54 Å². The van der Waals surface area contributed by atoms with Crippen LogP contribution >= 0.6 is 0 Å². The van der Waals surface area contributed by atoms with Crippen LogP contribution in [0.2, 0.25) is 0 Å². The third-order valence-electron chi connectivity index (χ3n) is 3.01. The minimum atomic E-state index is -0.920. The molecule has 0 fully saturated rings. The van der Waals surface area contributed by atoms with Crippen molar-refractivity contribution in [2.75, 3.05) is 13.7 Å². The van der Waals surface area contributed by atoms with Crippen LogP contribution in [0.3, 0.4) is 0 Å². The maximum atomic E-state index is 10.8. The van der Waals surface area contributed by atoms with Crippen LogP contribution in [-0.4, -0.2) is 40.3 Å². The summed E-state index contributed by atoms with van der Waals surface area (Å²) in [6.07, 6.45) is 0. The maximum absolute atomic E-state index is 10.8. The minimum absolute atomic E-state index is 0.0577. The third-order valence-corrected chi connectivity index (χ3v) is 3.01. The summed E-state index contributed by atoms with van der Waals surface area (Å²) in [5, 5.41) is 18.1. The molecular weight excluding hydrogens is 218 g/mol. The Labute approximate surface area is 101 Å². The molecule has 17 heavy (non-hydrogen) atoms. The number of likely N-dealkylation sites (N-methyl/N-ethyl adjacent to an activating group) is 1. The van der Waals surface area contributed by atoms with Gasteiger partial charge in [0.15, 0.2) is 0 Å². The largest absolute Gasteiger partial charge is 0.478 e. The standard InChI is InChI=1S/C13H19NO3/c1-13(2,9-15)14(3)8-10-5-4-6-11(7-10)12(16)17/h4-7,15H,8-9H2,1-3H3,(H,16,17). The number of aliphatic hydroxyl groups is 1. The first kappa shape index (κ1) is 13.7. The highest BCUT2D eigenvalue weighted by Gasteiger charge is 2.22. The van der Waals surface area contributed by atoms with E-state index in [0.717, 1.165) is 5.56 Å². The van der Waals surface area contributed by atoms with Gasteiger partial charge in [-0.1, -0.05) is 12.1 Å². The molecule has 0 heterocycles. The normalized spacial score (nSPS) is 11.8. The van der Waals surface area contributed by atoms with Gasteiger partial charge in [0.05, 0.1) is 12.2 Å². The second kappa shape index (κ2) is 5.29. The van der Waals surface area contributed by atoms with Crippen LogP contribution in [0.15, 0.2) is 24.3 Å². The molecule has 0 bridgehead atoms. The summed E-state index contributed by atoms with van der Waals surface area (Å²) in [7, 11) is 1.91. The van der Waals surface area contributed by atoms with Crippen molar-refractivity contribution in [2.24, 2.45) is 0 Å². The van der Waals surface area contributed by atoms with E-state index in [1.54, 1.807) is 18.2 Å². The molecule has 0 atom stereocenters. The SMILES string of the molecule is CN(Cc1cccc(C(=O)O)c1)C(C)(C)CO. The molecule has 0 aliphatic carbocycles. The van der Waals surface area contributed by atoms with E-state index in [1.165, 1.54) is 0 Å². The van der Waals surface area contributed by atoms with Gasteiger partial charge in [-0.2, -0.15) is 0 Å². The molecule has 94 valence electrons. The molecule has 0 unspecified atom stereocenters. The lowest BCUT2D eigenvalue weighted by molar-refractivity contribution is 0.0693. The maximum Gasteiger partial charge on any atom is 0.335 e. The molecule has 0 spiro atoms. The molecule has 0 aliphatic heterocycles. The Morgan fingerprint density at radius 2 is 2.06 bits per heavy atom. The Morgan fingerprint density at radius 1 is 1.41 bits per heavy atom. The summed E-state index contributed by atoms with van der Waals surface area (Å²) < 4.78 is 0. The number of rotatable bonds is 5. The lowest BCUT2D eigenvalue weighted by Gasteiger charge is -2.33. The number of carbonyl (C=O) groups is 1. The van der Waals surface area contributed by atoms with Crippen LogP contribution < -0.4 is 0 Å². The van der Waals surface area contributed by atoms with Crippen molar-refractivity contribution in [3.8, 4) is 0 Å². The lowest BCUT2D eigenvalue weighted by atomic mass is 10.0. The predicted octanol–water partition coefficient (Wildman–Crippen LogP) is 1.59. The number of carboxylic acid groups (broad SMARTS) is 1. The number of hydrogen-bond donors (Lipinski definition) is 2. The molecule has 0 amide bonds. The van der Waals surface area contributed by atoms with Crippen molar-refractivity contribution in [1.82, 2.24) is 4.90 Å². The van der Waals surface area contributed by atoms with Crippen LogP contribution in [0, 0.1) is 0 Å². The van der Waals surface area contributed by atoms with Gasteiger partial charge >= 0.3 is 5.97 Å². The first-order valence-electron chi connectivity index (χ1n) is 5.51. The fourth-order valence-electron chi connectivity index (χ4n) is 1.41. The Kier molecular flexibility index (Phi) is 4.26. The second-order valence-electron chi connectivity index (χ2n) is 4.83. The molecule has 4 heteroatoms. The van der Waals surface area contributed by atoms with Crippen molar-refractivity contribution in [1.29, 1.82) is 0 Å². The summed E-state index contributed by atoms with van der Waals surface area (Å²) >= 11 is 0. The molecule has 0 aromatic heterocycles. The van der Waals surface area contributed by atoms with Gasteiger partial charge in [-0.15, -0.1) is 0 Å². The van der Waals surface area contributed by atoms with E-state index in [2.05, 4.69) is 0 Å². The van der Waals surface area contributed by atoms with Gasteiger partial charge in [-0.3, -0.25) is 4.90 Å². The highest BCUT2D eigenvalue weighted by atomic mass is 16.4. The number of aliphatic hydroxyl groups excluding tert-OH is 1. The molecule has 4 nitrogen and oxygen atoms in total. The van der Waals surface area contributed by atoms with Gasteiger partial charge in [0.1, 0.15) is 0 Å². The van der Waals surface area contributed by atoms with Crippen molar-refractivity contribution in [2.45, 2.75) is 25.9 Å². The van der Waals surface area contributed by atoms with E-state index >= 15 is 0 Å². The predicted molar refractivity (Wildman–Crippen MR) is 66.0 cm³/mol. The quantitative estimate of drug-likeness (QED) is 0.816. The number of aromatic carboxylic acids is 1. The van der Waals surface area contributed by atoms with E-state index < -0.39 is 5.97 Å². The third kappa shape index (κ3) is 3.54. The van der Waals surface area contributed by atoms with Crippen molar-refractivity contribution < 1.29 is 15.0 Å². The van der Waals surface area contributed by atoms with Crippen LogP contribution in [0.1, 0.15) is 29.8 Å². The summed E-state index contributed by atoms with van der Waals surface area (Å²) in [4.78, 5) is 12.8. The average Bonchev–Trinajstić information content (AvgIpc) is 2.29. The molecular formula is C13H19NO3. The molecule has 1 aromatic rings. The molecule has 0 radical (unpaired) electrons. The average molecular weight is 237 g/mol. The van der Waals surface area contributed by atoms with E-state index in [1.807, 2.05) is 31.9 Å². The van der Waals surface area contributed by atoms with Crippen LogP contribution in [0.25, 0.3) is 0 Å². The van der Waals surface area contributed by atoms with Gasteiger partial charge in [-0.05, 0) is 38.6 Å². The Bertz CT molecular complexity index is 401. The van der Waals surface area contributed by atoms with E-state index in [-0.39, 0.29) is 17.7 Å². The molecule has 0 saturated carbocycles. The zero-order valence-electron chi connectivity index (χ0n) is 10.5. The highest BCUT2D eigenvalue weighted by Crippen LogP contribution is 2.16. The minimum Gasteiger partial charge on any atom is -0.478 e.